The largest absolute Gasteiger partial charge is 0.414 e. The van der Waals surface area contributed by atoms with Gasteiger partial charge in [-0.1, -0.05) is 42.3 Å². The van der Waals surface area contributed by atoms with Crippen molar-refractivity contribution in [2.45, 2.75) is 38.6 Å². The lowest BCUT2D eigenvalue weighted by atomic mass is 10.0. The first-order valence-electron chi connectivity index (χ1n) is 9.79. The second-order valence-corrected chi connectivity index (χ2v) is 8.89. The molecule has 0 bridgehead atoms. The van der Waals surface area contributed by atoms with Crippen molar-refractivity contribution in [1.82, 2.24) is 10.2 Å². The summed E-state index contributed by atoms with van der Waals surface area (Å²) in [6.07, 6.45) is 2.57. The number of anilines is 1. The van der Waals surface area contributed by atoms with Crippen LogP contribution in [0.4, 0.5) is 10.5 Å². The molecule has 0 saturated heterocycles. The van der Waals surface area contributed by atoms with Gasteiger partial charge >= 0.3 is 6.09 Å². The van der Waals surface area contributed by atoms with Crippen LogP contribution in [0.5, 0.6) is 5.06 Å². The maximum atomic E-state index is 12.8. The topological polar surface area (TPSA) is 70.7 Å². The van der Waals surface area contributed by atoms with E-state index in [2.05, 4.69) is 28.6 Å². The summed E-state index contributed by atoms with van der Waals surface area (Å²) < 4.78 is 5.74. The number of likely N-dealkylation sites (N-methyl/N-ethyl adjacent to an activating group) is 1. The van der Waals surface area contributed by atoms with Gasteiger partial charge in [-0.05, 0) is 61.7 Å². The fourth-order valence-corrected chi connectivity index (χ4v) is 4.19. The summed E-state index contributed by atoms with van der Waals surface area (Å²) in [7, 11) is 2.12. The van der Waals surface area contributed by atoms with Crippen molar-refractivity contribution in [3.8, 4) is 5.06 Å². The van der Waals surface area contributed by atoms with Crippen LogP contribution >= 0.6 is 22.9 Å². The molecule has 1 atom stereocenters. The van der Waals surface area contributed by atoms with Crippen LogP contribution in [0.2, 0.25) is 4.34 Å². The summed E-state index contributed by atoms with van der Waals surface area (Å²) in [4.78, 5) is 27.3. The van der Waals surface area contributed by atoms with Gasteiger partial charge in [0.1, 0.15) is 6.04 Å². The maximum absolute atomic E-state index is 12.8. The average Bonchev–Trinajstić information content (AvgIpc) is 2.99. The third-order valence-electron chi connectivity index (χ3n) is 4.93. The second-order valence-electron chi connectivity index (χ2n) is 7.21. The predicted octanol–water partition coefficient (Wildman–Crippen LogP) is 4.33. The SMILES string of the molecule is CCC[C@@H](NC(=O)Oc1ccc(Cl)s1)C(=O)Nc1ccc2c(c1)CCN(C)CC2. The van der Waals surface area contributed by atoms with Crippen LogP contribution in [-0.2, 0) is 17.6 Å². The molecule has 3 rings (SSSR count). The molecule has 2 amide bonds. The van der Waals surface area contributed by atoms with E-state index in [1.165, 1.54) is 11.1 Å². The molecule has 1 aliphatic heterocycles. The zero-order valence-electron chi connectivity index (χ0n) is 16.7. The maximum Gasteiger partial charge on any atom is 0.414 e. The molecule has 0 spiro atoms. The summed E-state index contributed by atoms with van der Waals surface area (Å²) in [6.45, 7) is 4.01. The molecular formula is C21H26ClN3O3S. The lowest BCUT2D eigenvalue weighted by Gasteiger charge is -2.18. The minimum atomic E-state index is -0.673. The predicted molar refractivity (Wildman–Crippen MR) is 117 cm³/mol. The van der Waals surface area contributed by atoms with Crippen molar-refractivity contribution in [2.24, 2.45) is 0 Å². The number of carbonyl (C=O) groups is 2. The summed E-state index contributed by atoms with van der Waals surface area (Å²) in [5.74, 6) is -0.251. The molecule has 2 aromatic rings. The Morgan fingerprint density at radius 2 is 1.97 bits per heavy atom. The quantitative estimate of drug-likeness (QED) is 0.708. The zero-order valence-corrected chi connectivity index (χ0v) is 18.2. The third kappa shape index (κ3) is 6.19. The highest BCUT2D eigenvalue weighted by Crippen LogP contribution is 2.28. The lowest BCUT2D eigenvalue weighted by Crippen LogP contribution is -2.44. The molecule has 1 aromatic carbocycles. The Kier molecular flexibility index (Phi) is 7.52. The van der Waals surface area contributed by atoms with Crippen molar-refractivity contribution < 1.29 is 14.3 Å². The van der Waals surface area contributed by atoms with Gasteiger partial charge in [0, 0.05) is 18.8 Å². The number of rotatable bonds is 6. The molecule has 0 unspecified atom stereocenters. The average molecular weight is 436 g/mol. The second kappa shape index (κ2) is 10.1. The molecule has 0 saturated carbocycles. The first-order chi connectivity index (χ1) is 13.9. The highest BCUT2D eigenvalue weighted by Gasteiger charge is 2.22. The number of carbonyl (C=O) groups excluding carboxylic acids is 2. The van der Waals surface area contributed by atoms with Crippen molar-refractivity contribution in [2.75, 3.05) is 25.5 Å². The summed E-state index contributed by atoms with van der Waals surface area (Å²) in [6, 6.07) is 8.66. The Labute approximate surface area is 180 Å². The van der Waals surface area contributed by atoms with E-state index in [1.807, 2.05) is 19.1 Å². The molecule has 29 heavy (non-hydrogen) atoms. The monoisotopic (exact) mass is 435 g/mol. The van der Waals surface area contributed by atoms with Crippen LogP contribution in [0, 0.1) is 0 Å². The third-order valence-corrected chi connectivity index (χ3v) is 6.04. The molecule has 0 radical (unpaired) electrons. The number of thiophene rings is 1. The molecule has 8 heteroatoms. The Balaban J connectivity index is 1.62. The van der Waals surface area contributed by atoms with Crippen molar-refractivity contribution in [1.29, 1.82) is 0 Å². The van der Waals surface area contributed by atoms with Gasteiger partial charge in [0.25, 0.3) is 0 Å². The fourth-order valence-electron chi connectivity index (χ4n) is 3.32. The number of halogens is 1. The van der Waals surface area contributed by atoms with Gasteiger partial charge in [-0.2, -0.15) is 0 Å². The molecule has 6 nitrogen and oxygen atoms in total. The van der Waals surface area contributed by atoms with Crippen LogP contribution < -0.4 is 15.4 Å². The van der Waals surface area contributed by atoms with Crippen LogP contribution in [0.3, 0.4) is 0 Å². The van der Waals surface area contributed by atoms with Gasteiger partial charge in [-0.25, -0.2) is 4.79 Å². The van der Waals surface area contributed by atoms with Gasteiger partial charge < -0.3 is 20.3 Å². The Hall–Kier alpha value is -2.09. The number of amides is 2. The Morgan fingerprint density at radius 1 is 1.21 bits per heavy atom. The van der Waals surface area contributed by atoms with Gasteiger partial charge in [-0.3, -0.25) is 4.79 Å². The molecule has 1 aliphatic rings. The molecular weight excluding hydrogens is 410 g/mol. The van der Waals surface area contributed by atoms with E-state index >= 15 is 0 Å². The molecule has 2 N–H and O–H groups in total. The number of hydrogen-bond acceptors (Lipinski definition) is 5. The lowest BCUT2D eigenvalue weighted by molar-refractivity contribution is -0.118. The molecule has 0 aliphatic carbocycles. The van der Waals surface area contributed by atoms with Crippen molar-refractivity contribution in [3.05, 3.63) is 45.8 Å². The number of nitrogens with one attached hydrogen (secondary N) is 2. The smallest absolute Gasteiger partial charge is 0.399 e. The fraction of sp³-hybridized carbons (Fsp3) is 0.429. The van der Waals surface area contributed by atoms with E-state index in [0.29, 0.717) is 15.8 Å². The Morgan fingerprint density at radius 3 is 2.66 bits per heavy atom. The van der Waals surface area contributed by atoms with Gasteiger partial charge in [0.2, 0.25) is 5.91 Å². The van der Waals surface area contributed by atoms with Crippen LogP contribution in [-0.4, -0.2) is 43.1 Å². The number of fused-ring (bicyclic) bond motifs is 1. The van der Waals surface area contributed by atoms with Crippen LogP contribution in [0.25, 0.3) is 0 Å². The highest BCUT2D eigenvalue weighted by molar-refractivity contribution is 7.17. The zero-order chi connectivity index (χ0) is 20.8. The van der Waals surface area contributed by atoms with E-state index < -0.39 is 12.1 Å². The van der Waals surface area contributed by atoms with E-state index in [0.717, 1.165) is 49.4 Å². The first kappa shape index (κ1) is 21.6. The number of nitrogens with zero attached hydrogens (tertiary/aromatic N) is 1. The minimum absolute atomic E-state index is 0.251. The summed E-state index contributed by atoms with van der Waals surface area (Å²) in [5.41, 5.74) is 3.34. The van der Waals surface area contributed by atoms with Gasteiger partial charge in [0.05, 0.1) is 4.34 Å². The number of benzene rings is 1. The minimum Gasteiger partial charge on any atom is -0.399 e. The van der Waals surface area contributed by atoms with Crippen LogP contribution in [0.15, 0.2) is 30.3 Å². The van der Waals surface area contributed by atoms with E-state index in [1.54, 1.807) is 12.1 Å². The Bertz CT molecular complexity index is 871. The number of hydrogen-bond donors (Lipinski definition) is 2. The molecule has 0 fully saturated rings. The summed E-state index contributed by atoms with van der Waals surface area (Å²) in [5, 5.41) is 5.99. The standard InChI is InChI=1S/C21H26ClN3O3S/c1-3-4-17(24-21(27)28-19-8-7-18(22)29-19)20(26)23-16-6-5-14-9-11-25(2)12-10-15(14)13-16/h5-8,13,17H,3-4,9-12H2,1-2H3,(H,23,26)(H,24,27)/t17-/m1/s1. The van der Waals surface area contributed by atoms with E-state index in [-0.39, 0.29) is 5.91 Å². The molecule has 156 valence electrons. The molecule has 1 aromatic heterocycles. The summed E-state index contributed by atoms with van der Waals surface area (Å²) >= 11 is 7.01. The van der Waals surface area contributed by atoms with Crippen LogP contribution in [0.1, 0.15) is 30.9 Å². The van der Waals surface area contributed by atoms with E-state index in [4.69, 9.17) is 16.3 Å². The van der Waals surface area contributed by atoms with Crippen molar-refractivity contribution in [3.63, 3.8) is 0 Å². The van der Waals surface area contributed by atoms with Gasteiger partial charge in [-0.15, -0.1) is 0 Å². The highest BCUT2D eigenvalue weighted by atomic mass is 35.5. The van der Waals surface area contributed by atoms with Gasteiger partial charge in [0.15, 0.2) is 5.06 Å². The van der Waals surface area contributed by atoms with E-state index in [9.17, 15) is 9.59 Å². The van der Waals surface area contributed by atoms with Crippen molar-refractivity contribution >= 4 is 40.6 Å². The number of ether oxygens (including phenoxy) is 1. The first-order valence-corrected chi connectivity index (χ1v) is 11.0. The normalized spacial score (nSPS) is 15.1. The molecule has 2 heterocycles.